The van der Waals surface area contributed by atoms with Gasteiger partial charge in [0.05, 0.1) is 11.3 Å². The molecule has 2 N–H and O–H groups in total. The molecule has 3 nitrogen and oxygen atoms in total. The van der Waals surface area contributed by atoms with Crippen LogP contribution < -0.4 is 5.32 Å². The number of aromatic carboxylic acids is 1. The summed E-state index contributed by atoms with van der Waals surface area (Å²) in [6.45, 7) is 2.43. The van der Waals surface area contributed by atoms with E-state index in [-0.39, 0.29) is 11.3 Å². The third kappa shape index (κ3) is 3.10. The smallest absolute Gasteiger partial charge is 0.337 e. The minimum absolute atomic E-state index is 0.0648. The van der Waals surface area contributed by atoms with Crippen LogP contribution in [0.3, 0.4) is 0 Å². The second kappa shape index (κ2) is 5.52. The molecule has 0 radical (unpaired) electrons. The number of hydrogen-bond donors (Lipinski definition) is 2. The molecule has 0 aromatic heterocycles. The maximum absolute atomic E-state index is 13.2. The lowest BCUT2D eigenvalue weighted by Gasteiger charge is -2.11. The fourth-order valence-corrected chi connectivity index (χ4v) is 1.85. The first-order valence-corrected chi connectivity index (χ1v) is 5.89. The molecule has 0 aliphatic rings. The van der Waals surface area contributed by atoms with E-state index in [1.807, 2.05) is 31.2 Å². The first-order chi connectivity index (χ1) is 9.08. The fraction of sp³-hybridized carbons (Fsp3) is 0.133. The number of hydrogen-bond acceptors (Lipinski definition) is 2. The average molecular weight is 259 g/mol. The van der Waals surface area contributed by atoms with Gasteiger partial charge in [0.25, 0.3) is 0 Å². The molecular weight excluding hydrogens is 245 g/mol. The molecule has 19 heavy (non-hydrogen) atoms. The van der Waals surface area contributed by atoms with Crippen molar-refractivity contribution in [2.75, 3.05) is 5.32 Å². The lowest BCUT2D eigenvalue weighted by molar-refractivity contribution is 0.0698. The zero-order chi connectivity index (χ0) is 13.8. The Morgan fingerprint density at radius 3 is 2.68 bits per heavy atom. The summed E-state index contributed by atoms with van der Waals surface area (Å²) in [5.41, 5.74) is 2.50. The summed E-state index contributed by atoms with van der Waals surface area (Å²) in [5, 5.41) is 12.0. The Labute approximate surface area is 110 Å². The number of carboxylic acid groups (broad SMARTS) is 1. The van der Waals surface area contributed by atoms with Crippen LogP contribution in [0, 0.1) is 12.7 Å². The number of nitrogens with one attached hydrogen (secondary N) is 1. The van der Waals surface area contributed by atoms with Crippen LogP contribution in [0.1, 0.15) is 21.5 Å². The first kappa shape index (κ1) is 13.1. The van der Waals surface area contributed by atoms with Gasteiger partial charge < -0.3 is 10.4 Å². The Kier molecular flexibility index (Phi) is 3.80. The summed E-state index contributed by atoms with van der Waals surface area (Å²) in [5.74, 6) is -1.54. The summed E-state index contributed by atoms with van der Waals surface area (Å²) in [6, 6.07) is 11.4. The Morgan fingerprint density at radius 2 is 2.00 bits per heavy atom. The monoisotopic (exact) mass is 259 g/mol. The molecular formula is C15H14FNO2. The van der Waals surface area contributed by atoms with Crippen LogP contribution in [0.25, 0.3) is 0 Å². The lowest BCUT2D eigenvalue weighted by atomic mass is 10.1. The molecule has 0 heterocycles. The zero-order valence-electron chi connectivity index (χ0n) is 10.5. The highest BCUT2D eigenvalue weighted by atomic mass is 19.1. The molecule has 98 valence electrons. The minimum Gasteiger partial charge on any atom is -0.478 e. The Hall–Kier alpha value is -2.36. The van der Waals surface area contributed by atoms with Gasteiger partial charge in [0.2, 0.25) is 0 Å². The topological polar surface area (TPSA) is 49.3 Å². The SMILES string of the molecule is Cc1ccccc1CNc1cc(F)ccc1C(=O)O. The Morgan fingerprint density at radius 1 is 1.26 bits per heavy atom. The number of anilines is 1. The first-order valence-electron chi connectivity index (χ1n) is 5.89. The van der Waals surface area contributed by atoms with Crippen molar-refractivity contribution >= 4 is 11.7 Å². The predicted molar refractivity (Wildman–Crippen MR) is 71.9 cm³/mol. The fourth-order valence-electron chi connectivity index (χ4n) is 1.85. The van der Waals surface area contributed by atoms with Crippen LogP contribution in [0.5, 0.6) is 0 Å². The van der Waals surface area contributed by atoms with E-state index >= 15 is 0 Å². The van der Waals surface area contributed by atoms with Crippen molar-refractivity contribution in [3.05, 3.63) is 65.0 Å². The van der Waals surface area contributed by atoms with Gasteiger partial charge in [-0.15, -0.1) is 0 Å². The molecule has 0 bridgehead atoms. The highest BCUT2D eigenvalue weighted by molar-refractivity contribution is 5.94. The maximum atomic E-state index is 13.2. The minimum atomic E-state index is -1.08. The van der Waals surface area contributed by atoms with Crippen molar-refractivity contribution in [2.24, 2.45) is 0 Å². The standard InChI is InChI=1S/C15H14FNO2/c1-10-4-2-3-5-11(10)9-17-14-8-12(16)6-7-13(14)15(18)19/h2-8,17H,9H2,1H3,(H,18,19). The molecule has 0 amide bonds. The molecule has 2 aromatic rings. The van der Waals surface area contributed by atoms with Crippen LogP contribution in [-0.4, -0.2) is 11.1 Å². The van der Waals surface area contributed by atoms with Gasteiger partial charge in [-0.1, -0.05) is 24.3 Å². The summed E-state index contributed by atoms with van der Waals surface area (Å²) >= 11 is 0. The van der Waals surface area contributed by atoms with Crippen molar-refractivity contribution in [1.29, 1.82) is 0 Å². The lowest BCUT2D eigenvalue weighted by Crippen LogP contribution is -2.07. The summed E-state index contributed by atoms with van der Waals surface area (Å²) < 4.78 is 13.2. The van der Waals surface area contributed by atoms with Crippen LogP contribution in [0.2, 0.25) is 0 Å². The van der Waals surface area contributed by atoms with Crippen molar-refractivity contribution in [2.45, 2.75) is 13.5 Å². The molecule has 0 saturated heterocycles. The van der Waals surface area contributed by atoms with E-state index in [1.54, 1.807) is 0 Å². The summed E-state index contributed by atoms with van der Waals surface area (Å²) in [4.78, 5) is 11.0. The highest BCUT2D eigenvalue weighted by Crippen LogP contribution is 2.19. The average Bonchev–Trinajstić information content (AvgIpc) is 2.37. The number of halogens is 1. The van der Waals surface area contributed by atoms with E-state index in [0.717, 1.165) is 17.2 Å². The number of carboxylic acids is 1. The van der Waals surface area contributed by atoms with Gasteiger partial charge in [0, 0.05) is 6.54 Å². The number of carbonyl (C=O) groups is 1. The number of benzene rings is 2. The summed E-state index contributed by atoms with van der Waals surface area (Å²) in [7, 11) is 0. The van der Waals surface area contributed by atoms with Crippen LogP contribution >= 0.6 is 0 Å². The Balaban J connectivity index is 2.22. The second-order valence-electron chi connectivity index (χ2n) is 4.28. The second-order valence-corrected chi connectivity index (χ2v) is 4.28. The molecule has 0 fully saturated rings. The van der Waals surface area contributed by atoms with Crippen LogP contribution in [0.4, 0.5) is 10.1 Å². The third-order valence-corrected chi connectivity index (χ3v) is 2.94. The van der Waals surface area contributed by atoms with Crippen LogP contribution in [0.15, 0.2) is 42.5 Å². The van der Waals surface area contributed by atoms with Gasteiger partial charge in [0.15, 0.2) is 0 Å². The molecule has 0 aliphatic carbocycles. The summed E-state index contributed by atoms with van der Waals surface area (Å²) in [6.07, 6.45) is 0. The molecule has 0 atom stereocenters. The Bertz CT molecular complexity index is 611. The zero-order valence-corrected chi connectivity index (χ0v) is 10.5. The van der Waals surface area contributed by atoms with E-state index in [1.165, 1.54) is 12.1 Å². The van der Waals surface area contributed by atoms with Crippen molar-refractivity contribution in [3.8, 4) is 0 Å². The third-order valence-electron chi connectivity index (χ3n) is 2.94. The largest absolute Gasteiger partial charge is 0.478 e. The van der Waals surface area contributed by atoms with E-state index in [0.29, 0.717) is 6.54 Å². The molecule has 2 aromatic carbocycles. The predicted octanol–water partition coefficient (Wildman–Crippen LogP) is 3.44. The van der Waals surface area contributed by atoms with E-state index in [4.69, 9.17) is 5.11 Å². The van der Waals surface area contributed by atoms with Gasteiger partial charge in [-0.2, -0.15) is 0 Å². The van der Waals surface area contributed by atoms with Crippen molar-refractivity contribution in [3.63, 3.8) is 0 Å². The number of aryl methyl sites for hydroxylation is 1. The van der Waals surface area contributed by atoms with E-state index in [2.05, 4.69) is 5.32 Å². The maximum Gasteiger partial charge on any atom is 0.337 e. The molecule has 4 heteroatoms. The molecule has 0 unspecified atom stereocenters. The van der Waals surface area contributed by atoms with E-state index in [9.17, 15) is 9.18 Å². The molecule has 0 aliphatic heterocycles. The van der Waals surface area contributed by atoms with Gasteiger partial charge >= 0.3 is 5.97 Å². The van der Waals surface area contributed by atoms with Crippen LogP contribution in [-0.2, 0) is 6.54 Å². The normalized spacial score (nSPS) is 10.2. The number of rotatable bonds is 4. The van der Waals surface area contributed by atoms with Gasteiger partial charge in [0.1, 0.15) is 5.82 Å². The molecule has 0 spiro atoms. The highest BCUT2D eigenvalue weighted by Gasteiger charge is 2.10. The van der Waals surface area contributed by atoms with Gasteiger partial charge in [-0.05, 0) is 36.2 Å². The van der Waals surface area contributed by atoms with Gasteiger partial charge in [-0.25, -0.2) is 9.18 Å². The van der Waals surface area contributed by atoms with E-state index < -0.39 is 11.8 Å². The van der Waals surface area contributed by atoms with Crippen molar-refractivity contribution in [1.82, 2.24) is 0 Å². The quantitative estimate of drug-likeness (QED) is 0.884. The molecule has 2 rings (SSSR count). The van der Waals surface area contributed by atoms with Gasteiger partial charge in [-0.3, -0.25) is 0 Å². The van der Waals surface area contributed by atoms with Crippen molar-refractivity contribution < 1.29 is 14.3 Å². The molecule has 0 saturated carbocycles.